The highest BCUT2D eigenvalue weighted by Gasteiger charge is 2.43. The predicted molar refractivity (Wildman–Crippen MR) is 86.2 cm³/mol. The van der Waals surface area contributed by atoms with Crippen LogP contribution in [-0.4, -0.2) is 20.4 Å². The quantitative estimate of drug-likeness (QED) is 0.474. The first-order valence-corrected chi connectivity index (χ1v) is 7.68. The molecule has 0 aromatic heterocycles. The molecule has 0 heterocycles. The van der Waals surface area contributed by atoms with E-state index in [0.717, 1.165) is 12.8 Å². The second-order valence-electron chi connectivity index (χ2n) is 5.98. The molecule has 0 radical (unpaired) electrons. The van der Waals surface area contributed by atoms with Crippen LogP contribution in [-0.2, 0) is 5.41 Å². The van der Waals surface area contributed by atoms with Crippen molar-refractivity contribution < 1.29 is 22.6 Å². The second kappa shape index (κ2) is 7.75. The number of halogens is 3. The molecule has 0 unspecified atom stereocenters. The number of methoxy groups -OCH3 is 2. The van der Waals surface area contributed by atoms with Gasteiger partial charge in [0.05, 0.1) is 14.2 Å². The maximum Gasteiger partial charge on any atom is 0.413 e. The number of allylic oxidation sites excluding steroid dienone is 2. The Morgan fingerprint density at radius 3 is 1.96 bits per heavy atom. The lowest BCUT2D eigenvalue weighted by molar-refractivity contribution is -0.100. The number of rotatable bonds is 7. The van der Waals surface area contributed by atoms with Crippen LogP contribution in [0.1, 0.15) is 45.6 Å². The van der Waals surface area contributed by atoms with E-state index in [4.69, 9.17) is 9.47 Å². The number of alkyl halides is 3. The average molecular weight is 330 g/mol. The summed E-state index contributed by atoms with van der Waals surface area (Å²) >= 11 is 0. The summed E-state index contributed by atoms with van der Waals surface area (Å²) in [5, 5.41) is 0. The van der Waals surface area contributed by atoms with Crippen molar-refractivity contribution in [3.8, 4) is 11.5 Å². The molecule has 1 aromatic rings. The van der Waals surface area contributed by atoms with Gasteiger partial charge in [-0.3, -0.25) is 0 Å². The van der Waals surface area contributed by atoms with E-state index in [0.29, 0.717) is 23.5 Å². The molecule has 0 N–H and O–H groups in total. The molecule has 0 spiro atoms. The van der Waals surface area contributed by atoms with Gasteiger partial charge in [-0.2, -0.15) is 13.2 Å². The van der Waals surface area contributed by atoms with Gasteiger partial charge >= 0.3 is 6.18 Å². The minimum absolute atomic E-state index is 0.413. The summed E-state index contributed by atoms with van der Waals surface area (Å²) in [6.45, 7) is 5.11. The molecule has 0 saturated heterocycles. The third-order valence-corrected chi connectivity index (χ3v) is 3.96. The van der Waals surface area contributed by atoms with Gasteiger partial charge in [-0.05, 0) is 24.1 Å². The zero-order chi connectivity index (χ0) is 17.7. The molecule has 1 aromatic carbocycles. The highest BCUT2D eigenvalue weighted by molar-refractivity contribution is 5.46. The van der Waals surface area contributed by atoms with Gasteiger partial charge in [-0.25, -0.2) is 0 Å². The fourth-order valence-corrected chi connectivity index (χ4v) is 2.50. The first kappa shape index (κ1) is 19.4. The fraction of sp³-hybridized carbons (Fsp3) is 0.556. The van der Waals surface area contributed by atoms with Gasteiger partial charge in [0.25, 0.3) is 0 Å². The largest absolute Gasteiger partial charge is 0.497 e. The van der Waals surface area contributed by atoms with Gasteiger partial charge in [-0.1, -0.05) is 39.7 Å². The highest BCUT2D eigenvalue weighted by atomic mass is 19.4. The summed E-state index contributed by atoms with van der Waals surface area (Å²) in [5.41, 5.74) is -1.23. The monoisotopic (exact) mass is 330 g/mol. The van der Waals surface area contributed by atoms with E-state index in [1.54, 1.807) is 32.0 Å². The van der Waals surface area contributed by atoms with Crippen LogP contribution in [0.25, 0.3) is 0 Å². The van der Waals surface area contributed by atoms with Gasteiger partial charge in [0, 0.05) is 17.1 Å². The second-order valence-corrected chi connectivity index (χ2v) is 5.98. The number of hydrogen-bond acceptors (Lipinski definition) is 2. The minimum atomic E-state index is -4.38. The Hall–Kier alpha value is -1.65. The molecular formula is C18H25F3O2. The topological polar surface area (TPSA) is 18.5 Å². The van der Waals surface area contributed by atoms with Gasteiger partial charge < -0.3 is 9.47 Å². The lowest BCUT2D eigenvalue weighted by Gasteiger charge is -2.31. The Balaban J connectivity index is 3.36. The summed E-state index contributed by atoms with van der Waals surface area (Å²) < 4.78 is 51.0. The third kappa shape index (κ3) is 4.91. The first-order valence-electron chi connectivity index (χ1n) is 7.68. The molecule has 0 bridgehead atoms. The molecule has 0 aliphatic rings. The SMILES string of the molecule is CCCC/C=C(/C(F)(F)F)C(C)(C)c1cc(OC)cc(OC)c1. The molecule has 2 nitrogen and oxygen atoms in total. The molecule has 0 atom stereocenters. The summed E-state index contributed by atoms with van der Waals surface area (Å²) in [4.78, 5) is 0. The number of hydrogen-bond donors (Lipinski definition) is 0. The third-order valence-electron chi connectivity index (χ3n) is 3.96. The number of ether oxygens (including phenoxy) is 2. The Morgan fingerprint density at radius 1 is 1.04 bits per heavy atom. The molecule has 0 aliphatic carbocycles. The van der Waals surface area contributed by atoms with Gasteiger partial charge in [0.2, 0.25) is 0 Å². The Bertz CT molecular complexity index is 523. The normalized spacial score (nSPS) is 13.1. The van der Waals surface area contributed by atoms with Crippen molar-refractivity contribution in [2.24, 2.45) is 0 Å². The van der Waals surface area contributed by atoms with Crippen LogP contribution in [0, 0.1) is 0 Å². The van der Waals surface area contributed by atoms with Crippen molar-refractivity contribution in [2.75, 3.05) is 14.2 Å². The molecule has 23 heavy (non-hydrogen) atoms. The van der Waals surface area contributed by atoms with Crippen LogP contribution in [0.15, 0.2) is 29.8 Å². The van der Waals surface area contributed by atoms with Crippen LogP contribution in [0.2, 0.25) is 0 Å². The van der Waals surface area contributed by atoms with E-state index in [1.165, 1.54) is 20.3 Å². The fourth-order valence-electron chi connectivity index (χ4n) is 2.50. The minimum Gasteiger partial charge on any atom is -0.497 e. The molecule has 0 fully saturated rings. The molecule has 0 saturated carbocycles. The van der Waals surface area contributed by atoms with E-state index in [1.807, 2.05) is 6.92 Å². The van der Waals surface area contributed by atoms with Crippen molar-refractivity contribution in [2.45, 2.75) is 51.6 Å². The molecule has 1 rings (SSSR count). The molecular weight excluding hydrogens is 305 g/mol. The Morgan fingerprint density at radius 2 is 1.57 bits per heavy atom. The standard InChI is InChI=1S/C18H25F3O2/c1-6-7-8-9-16(18(19,20)21)17(2,3)13-10-14(22-4)12-15(11-13)23-5/h9-12H,6-8H2,1-5H3/b16-9+. The van der Waals surface area contributed by atoms with Crippen molar-refractivity contribution in [3.63, 3.8) is 0 Å². The van der Waals surface area contributed by atoms with E-state index in [-0.39, 0.29) is 0 Å². The lowest BCUT2D eigenvalue weighted by Crippen LogP contribution is -2.30. The Labute approximate surface area is 136 Å². The smallest absolute Gasteiger partial charge is 0.413 e. The summed E-state index contributed by atoms with van der Waals surface area (Å²) in [6, 6.07) is 4.90. The summed E-state index contributed by atoms with van der Waals surface area (Å²) in [5.74, 6) is 0.949. The Kier molecular flexibility index (Phi) is 6.54. The zero-order valence-corrected chi connectivity index (χ0v) is 14.4. The molecule has 0 amide bonds. The molecule has 5 heteroatoms. The maximum atomic E-state index is 13.6. The zero-order valence-electron chi connectivity index (χ0n) is 14.4. The van der Waals surface area contributed by atoms with E-state index < -0.39 is 17.2 Å². The maximum absolute atomic E-state index is 13.6. The van der Waals surface area contributed by atoms with Crippen LogP contribution >= 0.6 is 0 Å². The van der Waals surface area contributed by atoms with Crippen LogP contribution in [0.3, 0.4) is 0 Å². The van der Waals surface area contributed by atoms with Crippen LogP contribution in [0.5, 0.6) is 11.5 Å². The highest BCUT2D eigenvalue weighted by Crippen LogP contribution is 2.43. The number of benzene rings is 1. The van der Waals surface area contributed by atoms with E-state index in [9.17, 15) is 13.2 Å². The average Bonchev–Trinajstić information content (AvgIpc) is 2.49. The van der Waals surface area contributed by atoms with Crippen molar-refractivity contribution in [3.05, 3.63) is 35.4 Å². The van der Waals surface area contributed by atoms with Gasteiger partial charge in [-0.15, -0.1) is 0 Å². The van der Waals surface area contributed by atoms with E-state index in [2.05, 4.69) is 0 Å². The van der Waals surface area contributed by atoms with Crippen molar-refractivity contribution in [1.82, 2.24) is 0 Å². The summed E-state index contributed by atoms with van der Waals surface area (Å²) in [6.07, 6.45) is -1.06. The first-order chi connectivity index (χ1) is 10.7. The van der Waals surface area contributed by atoms with Crippen molar-refractivity contribution >= 4 is 0 Å². The van der Waals surface area contributed by atoms with Crippen LogP contribution in [0.4, 0.5) is 13.2 Å². The number of unbranched alkanes of at least 4 members (excludes halogenated alkanes) is 2. The summed E-state index contributed by atoms with van der Waals surface area (Å²) in [7, 11) is 2.96. The van der Waals surface area contributed by atoms with Gasteiger partial charge in [0.15, 0.2) is 0 Å². The lowest BCUT2D eigenvalue weighted by atomic mass is 9.76. The van der Waals surface area contributed by atoms with Gasteiger partial charge in [0.1, 0.15) is 11.5 Å². The molecule has 0 aliphatic heterocycles. The molecule has 130 valence electrons. The van der Waals surface area contributed by atoms with Crippen molar-refractivity contribution in [1.29, 1.82) is 0 Å². The predicted octanol–water partition coefficient (Wildman–Crippen LogP) is 5.66. The van der Waals surface area contributed by atoms with Crippen LogP contribution < -0.4 is 9.47 Å². The van der Waals surface area contributed by atoms with E-state index >= 15 is 0 Å².